The fourth-order valence-corrected chi connectivity index (χ4v) is 3.21. The van der Waals surface area contributed by atoms with E-state index in [0.717, 1.165) is 5.56 Å². The van der Waals surface area contributed by atoms with Gasteiger partial charge in [-0.25, -0.2) is 17.9 Å². The first-order chi connectivity index (χ1) is 11.4. The molecule has 6 nitrogen and oxygen atoms in total. The Hall–Kier alpha value is -2.22. The third-order valence-electron chi connectivity index (χ3n) is 3.41. The van der Waals surface area contributed by atoms with Crippen molar-refractivity contribution in [3.63, 3.8) is 0 Å². The minimum atomic E-state index is -3.76. The molecule has 1 atom stereocenters. The maximum atomic E-state index is 12.2. The van der Waals surface area contributed by atoms with Gasteiger partial charge in [-0.2, -0.15) is 0 Å². The standard InChI is InChI=1S/C17H19NO5S/c1-23-17(20)14-7-9-16(10-8-14)24(21,22)18-12-15(19)11-13-5-3-2-4-6-13/h2-10,15,18-19H,11-12H2,1H3/t15-/m1/s1. The van der Waals surface area contributed by atoms with Crippen molar-refractivity contribution >= 4 is 16.0 Å². The maximum Gasteiger partial charge on any atom is 0.337 e. The van der Waals surface area contributed by atoms with Crippen molar-refractivity contribution in [3.05, 3.63) is 65.7 Å². The molecule has 2 aromatic carbocycles. The summed E-state index contributed by atoms with van der Waals surface area (Å²) in [6, 6.07) is 14.7. The number of sulfonamides is 1. The second-order valence-corrected chi connectivity index (χ2v) is 6.98. The lowest BCUT2D eigenvalue weighted by molar-refractivity contribution is 0.0600. The van der Waals surface area contributed by atoms with Crippen LogP contribution < -0.4 is 4.72 Å². The smallest absolute Gasteiger partial charge is 0.337 e. The Morgan fingerprint density at radius 1 is 1.12 bits per heavy atom. The maximum absolute atomic E-state index is 12.2. The van der Waals surface area contributed by atoms with Crippen LogP contribution >= 0.6 is 0 Å². The van der Waals surface area contributed by atoms with Gasteiger partial charge in [0.15, 0.2) is 0 Å². The van der Waals surface area contributed by atoms with E-state index in [1.807, 2.05) is 30.3 Å². The molecule has 2 rings (SSSR count). The lowest BCUT2D eigenvalue weighted by Gasteiger charge is -2.12. The summed E-state index contributed by atoms with van der Waals surface area (Å²) in [5, 5.41) is 9.97. The van der Waals surface area contributed by atoms with E-state index in [2.05, 4.69) is 9.46 Å². The summed E-state index contributed by atoms with van der Waals surface area (Å²) in [4.78, 5) is 11.4. The minimum absolute atomic E-state index is 0.0158. The first kappa shape index (κ1) is 18.1. The van der Waals surface area contributed by atoms with Crippen LogP contribution in [0.15, 0.2) is 59.5 Å². The van der Waals surface area contributed by atoms with Crippen molar-refractivity contribution in [3.8, 4) is 0 Å². The van der Waals surface area contributed by atoms with Crippen LogP contribution in [0.25, 0.3) is 0 Å². The molecule has 2 N–H and O–H groups in total. The normalized spacial score (nSPS) is 12.6. The van der Waals surface area contributed by atoms with Crippen LogP contribution in [-0.2, 0) is 21.2 Å². The van der Waals surface area contributed by atoms with Gasteiger partial charge in [-0.15, -0.1) is 0 Å². The molecule has 0 aliphatic carbocycles. The van der Waals surface area contributed by atoms with Gasteiger partial charge in [-0.1, -0.05) is 30.3 Å². The molecule has 0 bridgehead atoms. The van der Waals surface area contributed by atoms with Crippen LogP contribution in [-0.4, -0.2) is 39.3 Å². The Bertz CT molecular complexity index is 772. The second-order valence-electron chi connectivity index (χ2n) is 5.21. The van der Waals surface area contributed by atoms with Crippen LogP contribution in [0.1, 0.15) is 15.9 Å². The highest BCUT2D eigenvalue weighted by Crippen LogP contribution is 2.11. The third kappa shape index (κ3) is 4.89. The van der Waals surface area contributed by atoms with E-state index in [1.54, 1.807) is 0 Å². The van der Waals surface area contributed by atoms with E-state index < -0.39 is 22.1 Å². The van der Waals surface area contributed by atoms with Crippen molar-refractivity contribution in [1.29, 1.82) is 0 Å². The molecule has 0 aliphatic heterocycles. The van der Waals surface area contributed by atoms with E-state index >= 15 is 0 Å². The fraction of sp³-hybridized carbons (Fsp3) is 0.235. The minimum Gasteiger partial charge on any atom is -0.465 e. The van der Waals surface area contributed by atoms with Crippen LogP contribution in [0.2, 0.25) is 0 Å². The van der Waals surface area contributed by atoms with E-state index in [0.29, 0.717) is 6.42 Å². The van der Waals surface area contributed by atoms with Crippen molar-refractivity contribution in [1.82, 2.24) is 4.72 Å². The predicted octanol–water partition coefficient (Wildman–Crippen LogP) is 1.36. The molecule has 0 aliphatic rings. The highest BCUT2D eigenvalue weighted by atomic mass is 32.2. The molecule has 2 aromatic rings. The summed E-state index contributed by atoms with van der Waals surface area (Å²) >= 11 is 0. The summed E-state index contributed by atoms with van der Waals surface area (Å²) in [5.74, 6) is -0.537. The van der Waals surface area contributed by atoms with Gasteiger partial charge in [0.25, 0.3) is 0 Å². The van der Waals surface area contributed by atoms with Gasteiger partial charge in [-0.3, -0.25) is 0 Å². The van der Waals surface area contributed by atoms with E-state index in [4.69, 9.17) is 0 Å². The monoisotopic (exact) mass is 349 g/mol. The number of ether oxygens (including phenoxy) is 1. The average molecular weight is 349 g/mol. The number of aliphatic hydroxyl groups is 1. The SMILES string of the molecule is COC(=O)c1ccc(S(=O)(=O)NC[C@H](O)Cc2ccccc2)cc1. The van der Waals surface area contributed by atoms with Gasteiger partial charge in [0.1, 0.15) is 0 Å². The quantitative estimate of drug-likeness (QED) is 0.736. The first-order valence-electron chi connectivity index (χ1n) is 7.32. The molecule has 24 heavy (non-hydrogen) atoms. The molecule has 0 saturated carbocycles. The lowest BCUT2D eigenvalue weighted by Crippen LogP contribution is -2.33. The van der Waals surface area contributed by atoms with Gasteiger partial charge in [0, 0.05) is 6.54 Å². The predicted molar refractivity (Wildman–Crippen MR) is 89.1 cm³/mol. The van der Waals surface area contributed by atoms with E-state index in [9.17, 15) is 18.3 Å². The zero-order chi connectivity index (χ0) is 17.6. The molecule has 7 heteroatoms. The number of nitrogens with one attached hydrogen (secondary N) is 1. The molecule has 128 valence electrons. The molecule has 0 spiro atoms. The molecule has 0 unspecified atom stereocenters. The molecular weight excluding hydrogens is 330 g/mol. The van der Waals surface area contributed by atoms with E-state index in [-0.39, 0.29) is 17.0 Å². The second kappa shape index (κ2) is 8.05. The highest BCUT2D eigenvalue weighted by Gasteiger charge is 2.17. The molecule has 0 heterocycles. The summed E-state index contributed by atoms with van der Waals surface area (Å²) < 4.78 is 31.3. The zero-order valence-electron chi connectivity index (χ0n) is 13.2. The number of hydrogen-bond donors (Lipinski definition) is 2. The number of esters is 1. The number of aliphatic hydroxyl groups excluding tert-OH is 1. The number of hydrogen-bond acceptors (Lipinski definition) is 5. The Kier molecular flexibility index (Phi) is 6.08. The van der Waals surface area contributed by atoms with Crippen LogP contribution in [0.4, 0.5) is 0 Å². The summed E-state index contributed by atoms with van der Waals surface area (Å²) in [7, 11) is -2.51. The van der Waals surface area contributed by atoms with Gasteiger partial charge in [0.2, 0.25) is 10.0 Å². The zero-order valence-corrected chi connectivity index (χ0v) is 14.0. The van der Waals surface area contributed by atoms with Crippen molar-refractivity contribution < 1.29 is 23.1 Å². The van der Waals surface area contributed by atoms with Gasteiger partial charge < -0.3 is 9.84 Å². The van der Waals surface area contributed by atoms with Crippen LogP contribution in [0, 0.1) is 0 Å². The molecular formula is C17H19NO5S. The van der Waals surface area contributed by atoms with Crippen LogP contribution in [0.5, 0.6) is 0 Å². The topological polar surface area (TPSA) is 92.7 Å². The van der Waals surface area contributed by atoms with Crippen molar-refractivity contribution in [2.75, 3.05) is 13.7 Å². The summed E-state index contributed by atoms with van der Waals surface area (Å²) in [6.45, 7) is -0.101. The van der Waals surface area contributed by atoms with Gasteiger partial charge in [-0.05, 0) is 36.2 Å². The number of methoxy groups -OCH3 is 1. The Morgan fingerprint density at radius 3 is 2.33 bits per heavy atom. The molecule has 0 radical (unpaired) electrons. The number of carbonyl (C=O) groups excluding carboxylic acids is 1. The van der Waals surface area contributed by atoms with Crippen molar-refractivity contribution in [2.45, 2.75) is 17.4 Å². The molecule has 0 fully saturated rings. The Balaban J connectivity index is 1.96. The molecule has 0 saturated heterocycles. The number of rotatable bonds is 7. The lowest BCUT2D eigenvalue weighted by atomic mass is 10.1. The first-order valence-corrected chi connectivity index (χ1v) is 8.81. The van der Waals surface area contributed by atoms with Crippen molar-refractivity contribution in [2.24, 2.45) is 0 Å². The molecule has 0 aromatic heterocycles. The molecule has 0 amide bonds. The van der Waals surface area contributed by atoms with Gasteiger partial charge in [0.05, 0.1) is 23.7 Å². The highest BCUT2D eigenvalue weighted by molar-refractivity contribution is 7.89. The largest absolute Gasteiger partial charge is 0.465 e. The number of carbonyl (C=O) groups is 1. The number of benzene rings is 2. The van der Waals surface area contributed by atoms with Gasteiger partial charge >= 0.3 is 5.97 Å². The Labute approximate surface area is 141 Å². The Morgan fingerprint density at radius 2 is 1.75 bits per heavy atom. The fourth-order valence-electron chi connectivity index (χ4n) is 2.14. The van der Waals surface area contributed by atoms with E-state index in [1.165, 1.54) is 31.4 Å². The summed E-state index contributed by atoms with van der Waals surface area (Å²) in [5.41, 5.74) is 1.19. The summed E-state index contributed by atoms with van der Waals surface area (Å²) in [6.07, 6.45) is -0.485. The van der Waals surface area contributed by atoms with Crippen LogP contribution in [0.3, 0.4) is 0 Å². The third-order valence-corrected chi connectivity index (χ3v) is 4.85. The average Bonchev–Trinajstić information content (AvgIpc) is 2.60.